The minimum absolute atomic E-state index is 0.188. The molecule has 0 aliphatic carbocycles. The molecule has 0 aliphatic heterocycles. The first kappa shape index (κ1) is 28.0. The molecule has 188 valence electrons. The predicted molar refractivity (Wildman–Crippen MR) is 145 cm³/mol. The van der Waals surface area contributed by atoms with Crippen LogP contribution in [-0.2, 0) is 22.6 Å². The van der Waals surface area contributed by atoms with E-state index in [1.54, 1.807) is 0 Å². The summed E-state index contributed by atoms with van der Waals surface area (Å²) in [5, 5.41) is 3.50. The predicted octanol–water partition coefficient (Wildman–Crippen LogP) is 8.87. The van der Waals surface area contributed by atoms with E-state index in [2.05, 4.69) is 24.4 Å². The van der Waals surface area contributed by atoms with Crippen molar-refractivity contribution < 1.29 is 9.53 Å². The van der Waals surface area contributed by atoms with Crippen LogP contribution in [0.3, 0.4) is 0 Å². The van der Waals surface area contributed by atoms with Crippen LogP contribution in [-0.4, -0.2) is 12.5 Å². The molecule has 2 aromatic rings. The quantitative estimate of drug-likeness (QED) is 0.157. The van der Waals surface area contributed by atoms with Gasteiger partial charge in [-0.05, 0) is 29.7 Å². The molecule has 3 nitrogen and oxygen atoms in total. The Balaban J connectivity index is 1.41. The number of esters is 1. The second-order valence-electron chi connectivity index (χ2n) is 9.54. The largest absolute Gasteiger partial charge is 0.461 e. The van der Waals surface area contributed by atoms with Crippen LogP contribution in [0.15, 0.2) is 54.6 Å². The minimum Gasteiger partial charge on any atom is -0.461 e. The van der Waals surface area contributed by atoms with Crippen molar-refractivity contribution in [2.45, 2.75) is 110 Å². The highest BCUT2D eigenvalue weighted by Crippen LogP contribution is 2.14. The molecule has 0 saturated heterocycles. The van der Waals surface area contributed by atoms with E-state index in [0.29, 0.717) is 13.0 Å². The number of benzene rings is 2. The van der Waals surface area contributed by atoms with Crippen LogP contribution >= 0.6 is 0 Å². The lowest BCUT2D eigenvalue weighted by Crippen LogP contribution is -2.08. The molecule has 0 aromatic heterocycles. The van der Waals surface area contributed by atoms with E-state index < -0.39 is 0 Å². The average Bonchev–Trinajstić information content (AvgIpc) is 2.87. The minimum atomic E-state index is -0.188. The maximum atomic E-state index is 12.1. The Morgan fingerprint density at radius 3 is 1.74 bits per heavy atom. The number of nitrogens with one attached hydrogen (secondary N) is 1. The van der Waals surface area contributed by atoms with E-state index in [1.807, 2.05) is 42.5 Å². The first-order valence-corrected chi connectivity index (χ1v) is 13.8. The molecule has 0 fully saturated rings. The number of rotatable bonds is 20. The van der Waals surface area contributed by atoms with Gasteiger partial charge in [-0.15, -0.1) is 0 Å². The highest BCUT2D eigenvalue weighted by atomic mass is 16.5. The van der Waals surface area contributed by atoms with E-state index in [1.165, 1.54) is 89.9 Å². The van der Waals surface area contributed by atoms with Gasteiger partial charge in [-0.3, -0.25) is 4.79 Å². The van der Waals surface area contributed by atoms with Crippen molar-refractivity contribution in [3.05, 3.63) is 65.7 Å². The van der Waals surface area contributed by atoms with Gasteiger partial charge >= 0.3 is 5.97 Å². The molecule has 2 rings (SSSR count). The molecule has 1 N–H and O–H groups in total. The molecular weight excluding hydrogens is 418 g/mol. The van der Waals surface area contributed by atoms with E-state index in [-0.39, 0.29) is 5.97 Å². The SMILES string of the molecule is CCCCCCCCCCCCCCCCNc1ccc(CC(=O)OCc2ccccc2)cc1. The van der Waals surface area contributed by atoms with Crippen LogP contribution < -0.4 is 5.32 Å². The van der Waals surface area contributed by atoms with Crippen LogP contribution in [0.5, 0.6) is 0 Å². The van der Waals surface area contributed by atoms with Gasteiger partial charge in [0.05, 0.1) is 6.42 Å². The molecule has 0 unspecified atom stereocenters. The van der Waals surface area contributed by atoms with Gasteiger partial charge in [0.1, 0.15) is 6.61 Å². The third-order valence-corrected chi connectivity index (χ3v) is 6.40. The fraction of sp³-hybridized carbons (Fsp3) is 0.581. The highest BCUT2D eigenvalue weighted by Gasteiger charge is 2.05. The summed E-state index contributed by atoms with van der Waals surface area (Å²) in [5.74, 6) is -0.188. The molecule has 2 aromatic carbocycles. The lowest BCUT2D eigenvalue weighted by molar-refractivity contribution is -0.144. The Bertz CT molecular complexity index is 742. The second kappa shape index (κ2) is 19.1. The molecule has 0 radical (unpaired) electrons. The molecule has 0 spiro atoms. The van der Waals surface area contributed by atoms with Crippen molar-refractivity contribution in [3.63, 3.8) is 0 Å². The summed E-state index contributed by atoms with van der Waals surface area (Å²) in [6.07, 6.45) is 19.7. The van der Waals surface area contributed by atoms with E-state index in [0.717, 1.165) is 23.4 Å². The van der Waals surface area contributed by atoms with E-state index >= 15 is 0 Å². The maximum absolute atomic E-state index is 12.1. The molecular formula is C31H47NO2. The van der Waals surface area contributed by atoms with Crippen LogP contribution in [0.4, 0.5) is 5.69 Å². The van der Waals surface area contributed by atoms with Gasteiger partial charge in [-0.2, -0.15) is 0 Å². The summed E-state index contributed by atoms with van der Waals surface area (Å²) in [6, 6.07) is 17.9. The summed E-state index contributed by atoms with van der Waals surface area (Å²) in [5.41, 5.74) is 3.12. The Kier molecular flexibility index (Phi) is 15.7. The lowest BCUT2D eigenvalue weighted by atomic mass is 10.0. The van der Waals surface area contributed by atoms with Crippen LogP contribution in [0.2, 0.25) is 0 Å². The summed E-state index contributed by atoms with van der Waals surface area (Å²) in [6.45, 7) is 3.63. The standard InChI is InChI=1S/C31H47NO2/c1-2-3-4-5-6-7-8-9-10-11-12-13-14-18-25-32-30-23-21-28(22-24-30)26-31(33)34-27-29-19-16-15-17-20-29/h15-17,19-24,32H,2-14,18,25-27H2,1H3. The zero-order valence-corrected chi connectivity index (χ0v) is 21.5. The molecule has 3 heteroatoms. The Labute approximate surface area is 208 Å². The average molecular weight is 466 g/mol. The summed E-state index contributed by atoms with van der Waals surface area (Å²) >= 11 is 0. The highest BCUT2D eigenvalue weighted by molar-refractivity contribution is 5.72. The molecule has 34 heavy (non-hydrogen) atoms. The second-order valence-corrected chi connectivity index (χ2v) is 9.54. The number of ether oxygens (including phenoxy) is 1. The smallest absolute Gasteiger partial charge is 0.310 e. The van der Waals surface area contributed by atoms with Crippen molar-refractivity contribution in [1.29, 1.82) is 0 Å². The molecule has 0 amide bonds. The van der Waals surface area contributed by atoms with Gasteiger partial charge in [0.15, 0.2) is 0 Å². The lowest BCUT2D eigenvalue weighted by Gasteiger charge is -2.08. The van der Waals surface area contributed by atoms with Crippen molar-refractivity contribution in [2.75, 3.05) is 11.9 Å². The van der Waals surface area contributed by atoms with Crippen molar-refractivity contribution in [3.8, 4) is 0 Å². The molecule has 0 heterocycles. The number of carbonyl (C=O) groups is 1. The zero-order chi connectivity index (χ0) is 24.1. The monoisotopic (exact) mass is 465 g/mol. The van der Waals surface area contributed by atoms with Crippen molar-refractivity contribution >= 4 is 11.7 Å². The molecule has 0 saturated carbocycles. The molecule has 0 bridgehead atoms. The first-order chi connectivity index (χ1) is 16.8. The number of carbonyl (C=O) groups excluding carboxylic acids is 1. The summed E-state index contributed by atoms with van der Waals surface area (Å²) in [7, 11) is 0. The Morgan fingerprint density at radius 2 is 1.18 bits per heavy atom. The van der Waals surface area contributed by atoms with Gasteiger partial charge in [0, 0.05) is 12.2 Å². The topological polar surface area (TPSA) is 38.3 Å². The molecule has 0 atom stereocenters. The Morgan fingerprint density at radius 1 is 0.647 bits per heavy atom. The van der Waals surface area contributed by atoms with Crippen LogP contribution in [0.1, 0.15) is 108 Å². The van der Waals surface area contributed by atoms with Crippen molar-refractivity contribution in [2.24, 2.45) is 0 Å². The third-order valence-electron chi connectivity index (χ3n) is 6.40. The van der Waals surface area contributed by atoms with Crippen LogP contribution in [0, 0.1) is 0 Å². The fourth-order valence-corrected chi connectivity index (χ4v) is 4.25. The van der Waals surface area contributed by atoms with Gasteiger partial charge in [0.2, 0.25) is 0 Å². The van der Waals surface area contributed by atoms with Gasteiger partial charge in [-0.1, -0.05) is 133 Å². The van der Waals surface area contributed by atoms with Crippen LogP contribution in [0.25, 0.3) is 0 Å². The van der Waals surface area contributed by atoms with Gasteiger partial charge in [0.25, 0.3) is 0 Å². The van der Waals surface area contributed by atoms with Gasteiger partial charge in [-0.25, -0.2) is 0 Å². The number of unbranched alkanes of at least 4 members (excludes halogenated alkanes) is 13. The van der Waals surface area contributed by atoms with Crippen molar-refractivity contribution in [1.82, 2.24) is 0 Å². The fourth-order valence-electron chi connectivity index (χ4n) is 4.25. The number of hydrogen-bond acceptors (Lipinski definition) is 3. The van der Waals surface area contributed by atoms with E-state index in [9.17, 15) is 4.79 Å². The number of hydrogen-bond donors (Lipinski definition) is 1. The van der Waals surface area contributed by atoms with Gasteiger partial charge < -0.3 is 10.1 Å². The number of anilines is 1. The first-order valence-electron chi connectivity index (χ1n) is 13.8. The maximum Gasteiger partial charge on any atom is 0.310 e. The normalized spacial score (nSPS) is 10.9. The van der Waals surface area contributed by atoms with E-state index in [4.69, 9.17) is 4.74 Å². The molecule has 0 aliphatic rings. The Hall–Kier alpha value is -2.29. The summed E-state index contributed by atoms with van der Waals surface area (Å²) < 4.78 is 5.37. The zero-order valence-electron chi connectivity index (χ0n) is 21.5. The summed E-state index contributed by atoms with van der Waals surface area (Å²) in [4.78, 5) is 12.1. The third kappa shape index (κ3) is 14.1.